The number of hydrogen-bond acceptors (Lipinski definition) is 4. The van der Waals surface area contributed by atoms with Crippen LogP contribution in [0.1, 0.15) is 27.7 Å². The van der Waals surface area contributed by atoms with E-state index in [1.807, 2.05) is 54.6 Å². The van der Waals surface area contributed by atoms with Crippen LogP contribution in [-0.4, -0.2) is 48.1 Å². The minimum atomic E-state index is -0.518. The molecule has 3 aromatic rings. The predicted octanol–water partition coefficient (Wildman–Crippen LogP) is 4.00. The highest BCUT2D eigenvalue weighted by Gasteiger charge is 2.43. The van der Waals surface area contributed by atoms with Crippen molar-refractivity contribution >= 4 is 21.8 Å². The molecule has 1 unspecified atom stereocenters. The fourth-order valence-corrected chi connectivity index (χ4v) is 4.05. The number of nitrogens with one attached hydrogen (secondary N) is 1. The molecule has 0 saturated carbocycles. The highest BCUT2D eigenvalue weighted by molar-refractivity contribution is 9.10. The number of benzene rings is 2. The summed E-state index contributed by atoms with van der Waals surface area (Å²) in [6.07, 6.45) is -0.518. The van der Waals surface area contributed by atoms with Gasteiger partial charge in [0.05, 0.1) is 18.3 Å². The van der Waals surface area contributed by atoms with E-state index in [-0.39, 0.29) is 11.9 Å². The Hall–Kier alpha value is -2.48. The molecule has 28 heavy (non-hydrogen) atoms. The lowest BCUT2D eigenvalue weighted by Gasteiger charge is -2.29. The number of rotatable bonds is 6. The molecule has 0 saturated heterocycles. The van der Waals surface area contributed by atoms with Crippen LogP contribution >= 0.6 is 15.9 Å². The Morgan fingerprint density at radius 3 is 2.57 bits per heavy atom. The van der Waals surface area contributed by atoms with E-state index in [9.17, 15) is 4.79 Å². The Morgan fingerprint density at radius 1 is 1.14 bits per heavy atom. The summed E-state index contributed by atoms with van der Waals surface area (Å²) in [5.41, 5.74) is 4.12. The number of ether oxygens (including phenoxy) is 2. The summed E-state index contributed by atoms with van der Waals surface area (Å²) >= 11 is 3.54. The second-order valence-corrected chi connectivity index (χ2v) is 7.46. The molecule has 0 radical (unpaired) electrons. The lowest BCUT2D eigenvalue weighted by atomic mass is 9.96. The van der Waals surface area contributed by atoms with Crippen LogP contribution in [0.25, 0.3) is 11.3 Å². The first kappa shape index (κ1) is 18.9. The van der Waals surface area contributed by atoms with Crippen molar-refractivity contribution in [1.82, 2.24) is 15.1 Å². The van der Waals surface area contributed by atoms with Crippen LogP contribution in [0.2, 0.25) is 0 Å². The van der Waals surface area contributed by atoms with Crippen molar-refractivity contribution in [1.29, 1.82) is 0 Å². The number of methoxy groups -OCH3 is 2. The number of aromatic amines is 1. The van der Waals surface area contributed by atoms with Gasteiger partial charge >= 0.3 is 0 Å². The van der Waals surface area contributed by atoms with E-state index in [1.54, 1.807) is 19.1 Å². The van der Waals surface area contributed by atoms with Gasteiger partial charge in [0.2, 0.25) is 0 Å². The van der Waals surface area contributed by atoms with E-state index in [0.717, 1.165) is 26.9 Å². The summed E-state index contributed by atoms with van der Waals surface area (Å²) in [4.78, 5) is 15.0. The second kappa shape index (κ2) is 7.87. The molecule has 2 heterocycles. The van der Waals surface area contributed by atoms with Crippen molar-refractivity contribution in [3.8, 4) is 11.3 Å². The number of hydrogen-bond donors (Lipinski definition) is 1. The minimum absolute atomic E-state index is 0.117. The van der Waals surface area contributed by atoms with E-state index in [2.05, 4.69) is 26.1 Å². The summed E-state index contributed by atoms with van der Waals surface area (Å²) in [7, 11) is 3.14. The standard InChI is InChI=1S/C21H20BrN3O3/c1-27-16(28-2)12-25-20(14-9-6-10-15(22)11-14)17-18(13-7-4-3-5-8-13)23-24-19(17)21(25)26/h3-11,16,20H,12H2,1-2H3,(H,23,24). The van der Waals surface area contributed by atoms with Crippen molar-refractivity contribution in [2.45, 2.75) is 12.3 Å². The van der Waals surface area contributed by atoms with Crippen LogP contribution in [0.3, 0.4) is 0 Å². The Balaban J connectivity index is 1.86. The van der Waals surface area contributed by atoms with Crippen molar-refractivity contribution in [2.24, 2.45) is 0 Å². The maximum Gasteiger partial charge on any atom is 0.273 e. The van der Waals surface area contributed by atoms with Gasteiger partial charge in [0.25, 0.3) is 5.91 Å². The average molecular weight is 442 g/mol. The zero-order valence-electron chi connectivity index (χ0n) is 15.6. The fourth-order valence-electron chi connectivity index (χ4n) is 3.63. The first-order valence-electron chi connectivity index (χ1n) is 8.89. The van der Waals surface area contributed by atoms with E-state index in [0.29, 0.717) is 12.2 Å². The van der Waals surface area contributed by atoms with Gasteiger partial charge < -0.3 is 14.4 Å². The summed E-state index contributed by atoms with van der Waals surface area (Å²) in [6.45, 7) is 0.305. The number of H-pyrrole nitrogens is 1. The number of carbonyl (C=O) groups excluding carboxylic acids is 1. The maximum absolute atomic E-state index is 13.2. The normalized spacial score (nSPS) is 16.1. The summed E-state index contributed by atoms with van der Waals surface area (Å²) < 4.78 is 11.7. The quantitative estimate of drug-likeness (QED) is 0.586. The third kappa shape index (κ3) is 3.26. The van der Waals surface area contributed by atoms with Gasteiger partial charge in [-0.2, -0.15) is 5.10 Å². The van der Waals surface area contributed by atoms with E-state index < -0.39 is 6.29 Å². The molecule has 0 spiro atoms. The first-order chi connectivity index (χ1) is 13.6. The third-order valence-electron chi connectivity index (χ3n) is 4.95. The molecule has 0 aliphatic carbocycles. The molecule has 1 aliphatic rings. The van der Waals surface area contributed by atoms with Crippen molar-refractivity contribution in [2.75, 3.05) is 20.8 Å². The molecule has 6 nitrogen and oxygen atoms in total. The van der Waals surface area contributed by atoms with Crippen LogP contribution in [0.15, 0.2) is 59.1 Å². The van der Waals surface area contributed by atoms with Gasteiger partial charge in [-0.15, -0.1) is 0 Å². The van der Waals surface area contributed by atoms with Gasteiger partial charge in [-0.1, -0.05) is 58.4 Å². The van der Waals surface area contributed by atoms with E-state index in [4.69, 9.17) is 9.47 Å². The molecular formula is C21H20BrN3O3. The smallest absolute Gasteiger partial charge is 0.273 e. The van der Waals surface area contributed by atoms with Crippen LogP contribution in [0.5, 0.6) is 0 Å². The zero-order chi connectivity index (χ0) is 19.7. The SMILES string of the molecule is COC(CN1C(=O)c2[nH]nc(-c3ccccc3)c2C1c1cccc(Br)c1)OC. The summed E-state index contributed by atoms with van der Waals surface area (Å²) in [5, 5.41) is 7.42. The molecule has 1 amide bonds. The number of fused-ring (bicyclic) bond motifs is 1. The van der Waals surface area contributed by atoms with Crippen LogP contribution < -0.4 is 0 Å². The topological polar surface area (TPSA) is 67.5 Å². The molecule has 0 bridgehead atoms. The van der Waals surface area contributed by atoms with Gasteiger partial charge in [0.15, 0.2) is 6.29 Å². The molecule has 1 aliphatic heterocycles. The molecule has 4 rings (SSSR count). The Bertz CT molecular complexity index is 986. The molecular weight excluding hydrogens is 422 g/mol. The molecule has 1 N–H and O–H groups in total. The largest absolute Gasteiger partial charge is 0.354 e. The summed E-state index contributed by atoms with van der Waals surface area (Å²) in [5.74, 6) is -0.117. The first-order valence-corrected chi connectivity index (χ1v) is 9.69. The Labute approximate surface area is 171 Å². The number of halogens is 1. The van der Waals surface area contributed by atoms with Gasteiger partial charge in [-0.3, -0.25) is 9.89 Å². The highest BCUT2D eigenvalue weighted by Crippen LogP contribution is 2.43. The van der Waals surface area contributed by atoms with Crippen molar-refractivity contribution in [3.05, 3.63) is 75.9 Å². The molecule has 7 heteroatoms. The van der Waals surface area contributed by atoms with Crippen molar-refractivity contribution < 1.29 is 14.3 Å². The number of amides is 1. The maximum atomic E-state index is 13.2. The number of aromatic nitrogens is 2. The predicted molar refractivity (Wildman–Crippen MR) is 109 cm³/mol. The molecule has 144 valence electrons. The van der Waals surface area contributed by atoms with Crippen LogP contribution in [0, 0.1) is 0 Å². The zero-order valence-corrected chi connectivity index (χ0v) is 17.1. The van der Waals surface area contributed by atoms with Crippen molar-refractivity contribution in [3.63, 3.8) is 0 Å². The third-order valence-corrected chi connectivity index (χ3v) is 5.44. The van der Waals surface area contributed by atoms with E-state index in [1.165, 1.54) is 0 Å². The van der Waals surface area contributed by atoms with Gasteiger partial charge in [0.1, 0.15) is 5.69 Å². The lowest BCUT2D eigenvalue weighted by molar-refractivity contribution is -0.113. The lowest BCUT2D eigenvalue weighted by Crippen LogP contribution is -2.38. The highest BCUT2D eigenvalue weighted by atomic mass is 79.9. The molecule has 0 fully saturated rings. The number of nitrogens with zero attached hydrogens (tertiary/aromatic N) is 2. The minimum Gasteiger partial charge on any atom is -0.354 e. The second-order valence-electron chi connectivity index (χ2n) is 6.54. The van der Waals surface area contributed by atoms with Crippen LogP contribution in [0.4, 0.5) is 0 Å². The van der Waals surface area contributed by atoms with Gasteiger partial charge in [-0.05, 0) is 17.7 Å². The van der Waals surface area contributed by atoms with Gasteiger partial charge in [0, 0.05) is 29.8 Å². The molecule has 1 atom stereocenters. The fraction of sp³-hybridized carbons (Fsp3) is 0.238. The molecule has 1 aromatic heterocycles. The van der Waals surface area contributed by atoms with Gasteiger partial charge in [-0.25, -0.2) is 0 Å². The Kier molecular flexibility index (Phi) is 5.30. The summed E-state index contributed by atoms with van der Waals surface area (Å²) in [6, 6.07) is 17.6. The van der Waals surface area contributed by atoms with E-state index >= 15 is 0 Å². The van der Waals surface area contributed by atoms with Crippen LogP contribution in [-0.2, 0) is 9.47 Å². The number of carbonyl (C=O) groups is 1. The monoisotopic (exact) mass is 441 g/mol. The molecule has 2 aromatic carbocycles. The Morgan fingerprint density at radius 2 is 1.89 bits per heavy atom. The average Bonchev–Trinajstić information content (AvgIpc) is 3.26.